The quantitative estimate of drug-likeness (QED) is 0.770. The number of hydrogen-bond donors (Lipinski definition) is 0. The number of hydrogen-bond acceptors (Lipinski definition) is 5. The number of aldehydes is 1. The van der Waals surface area contributed by atoms with Gasteiger partial charge in [0.25, 0.3) is 0 Å². The zero-order valence-corrected chi connectivity index (χ0v) is 10.2. The Hall–Kier alpha value is -2.43. The van der Waals surface area contributed by atoms with Crippen molar-refractivity contribution in [1.29, 1.82) is 0 Å². The summed E-state index contributed by atoms with van der Waals surface area (Å²) in [4.78, 5) is 18.7. The summed E-state index contributed by atoms with van der Waals surface area (Å²) < 4.78 is 11.2. The first-order valence-corrected chi connectivity index (χ1v) is 6.04. The van der Waals surface area contributed by atoms with Crippen molar-refractivity contribution in [2.75, 3.05) is 13.2 Å². The second kappa shape index (κ2) is 5.06. The van der Waals surface area contributed by atoms with Crippen LogP contribution < -0.4 is 9.47 Å². The summed E-state index contributed by atoms with van der Waals surface area (Å²) >= 11 is 0. The number of carbonyl (C=O) groups excluding carboxylic acids is 1. The molecule has 1 aromatic heterocycles. The molecule has 2 heterocycles. The number of fused-ring (bicyclic) bond motifs is 1. The lowest BCUT2D eigenvalue weighted by atomic mass is 10.1. The lowest BCUT2D eigenvalue weighted by molar-refractivity contribution is 0.111. The van der Waals surface area contributed by atoms with E-state index in [0.717, 1.165) is 17.7 Å². The van der Waals surface area contributed by atoms with Gasteiger partial charge in [0, 0.05) is 12.0 Å². The summed E-state index contributed by atoms with van der Waals surface area (Å²) in [5, 5.41) is 0. The summed E-state index contributed by atoms with van der Waals surface area (Å²) in [5.74, 6) is 1.45. The van der Waals surface area contributed by atoms with Crippen LogP contribution in [-0.2, 0) is 0 Å². The molecule has 5 heteroatoms. The Morgan fingerprint density at radius 1 is 1.05 bits per heavy atom. The normalized spacial score (nSPS) is 13.7. The molecule has 1 aliphatic heterocycles. The standard InChI is InChI=1S/C14H12N2O3/c17-8-11-7-12(16-9-15-11)10-2-3-13-14(6-10)19-5-1-4-18-13/h2-3,6-9H,1,4-5H2. The number of rotatable bonds is 2. The van der Waals surface area contributed by atoms with E-state index in [0.29, 0.717) is 36.6 Å². The topological polar surface area (TPSA) is 61.3 Å². The monoisotopic (exact) mass is 256 g/mol. The molecule has 0 aliphatic carbocycles. The van der Waals surface area contributed by atoms with Gasteiger partial charge in [-0.1, -0.05) is 0 Å². The van der Waals surface area contributed by atoms with Crippen LogP contribution in [0.1, 0.15) is 16.9 Å². The fourth-order valence-corrected chi connectivity index (χ4v) is 1.92. The SMILES string of the molecule is O=Cc1cc(-c2ccc3c(c2)OCCCO3)ncn1. The second-order valence-electron chi connectivity index (χ2n) is 4.16. The van der Waals surface area contributed by atoms with Gasteiger partial charge in [0.2, 0.25) is 0 Å². The molecule has 96 valence electrons. The molecule has 0 radical (unpaired) electrons. The van der Waals surface area contributed by atoms with Crippen molar-refractivity contribution >= 4 is 6.29 Å². The van der Waals surface area contributed by atoms with E-state index in [1.54, 1.807) is 6.07 Å². The fourth-order valence-electron chi connectivity index (χ4n) is 1.92. The number of aromatic nitrogens is 2. The van der Waals surface area contributed by atoms with Crippen LogP contribution in [0.25, 0.3) is 11.3 Å². The third-order valence-electron chi connectivity index (χ3n) is 2.85. The van der Waals surface area contributed by atoms with Crippen LogP contribution in [0.3, 0.4) is 0 Å². The first-order chi connectivity index (χ1) is 9.36. The van der Waals surface area contributed by atoms with Crippen molar-refractivity contribution in [2.45, 2.75) is 6.42 Å². The molecule has 3 rings (SSSR count). The van der Waals surface area contributed by atoms with Gasteiger partial charge in [0.05, 0.1) is 18.9 Å². The van der Waals surface area contributed by atoms with Gasteiger partial charge in [0.1, 0.15) is 12.0 Å². The maximum Gasteiger partial charge on any atom is 0.168 e. The Balaban J connectivity index is 2.01. The summed E-state index contributed by atoms with van der Waals surface area (Å²) in [7, 11) is 0. The van der Waals surface area contributed by atoms with Gasteiger partial charge in [-0.2, -0.15) is 0 Å². The zero-order valence-electron chi connectivity index (χ0n) is 10.2. The van der Waals surface area contributed by atoms with E-state index in [1.807, 2.05) is 18.2 Å². The molecular weight excluding hydrogens is 244 g/mol. The van der Waals surface area contributed by atoms with Crippen LogP contribution in [0, 0.1) is 0 Å². The average Bonchev–Trinajstić information content (AvgIpc) is 2.71. The van der Waals surface area contributed by atoms with Crippen LogP contribution in [0.4, 0.5) is 0 Å². The predicted molar refractivity (Wildman–Crippen MR) is 68.5 cm³/mol. The zero-order chi connectivity index (χ0) is 13.1. The van der Waals surface area contributed by atoms with Gasteiger partial charge in [-0.25, -0.2) is 9.97 Å². The highest BCUT2D eigenvalue weighted by molar-refractivity contribution is 5.75. The Bertz CT molecular complexity index is 613. The molecule has 0 atom stereocenters. The van der Waals surface area contributed by atoms with Gasteiger partial charge in [-0.15, -0.1) is 0 Å². The van der Waals surface area contributed by atoms with Crippen LogP contribution in [0.15, 0.2) is 30.6 Å². The Morgan fingerprint density at radius 2 is 1.89 bits per heavy atom. The predicted octanol–water partition coefficient (Wildman–Crippen LogP) is 2.12. The summed E-state index contributed by atoms with van der Waals surface area (Å²) in [6.07, 6.45) is 2.95. The third-order valence-corrected chi connectivity index (χ3v) is 2.85. The molecule has 0 fully saturated rings. The summed E-state index contributed by atoms with van der Waals surface area (Å²) in [6.45, 7) is 1.30. The number of ether oxygens (including phenoxy) is 2. The van der Waals surface area contributed by atoms with E-state index in [4.69, 9.17) is 9.47 Å². The highest BCUT2D eigenvalue weighted by Gasteiger charge is 2.12. The van der Waals surface area contributed by atoms with Crippen LogP contribution in [0.5, 0.6) is 11.5 Å². The smallest absolute Gasteiger partial charge is 0.168 e. The third kappa shape index (κ3) is 2.40. The fraction of sp³-hybridized carbons (Fsp3) is 0.214. The molecule has 19 heavy (non-hydrogen) atoms. The van der Waals surface area contributed by atoms with Crippen molar-refractivity contribution in [3.05, 3.63) is 36.3 Å². The Morgan fingerprint density at radius 3 is 2.74 bits per heavy atom. The molecule has 5 nitrogen and oxygen atoms in total. The van der Waals surface area contributed by atoms with E-state index in [2.05, 4.69) is 9.97 Å². The minimum absolute atomic E-state index is 0.358. The lowest BCUT2D eigenvalue weighted by Gasteiger charge is -2.09. The van der Waals surface area contributed by atoms with Crippen molar-refractivity contribution in [1.82, 2.24) is 9.97 Å². The molecule has 0 saturated carbocycles. The lowest BCUT2D eigenvalue weighted by Crippen LogP contribution is -1.97. The number of nitrogens with zero attached hydrogens (tertiary/aromatic N) is 2. The van der Waals surface area contributed by atoms with Gasteiger partial charge < -0.3 is 9.47 Å². The number of carbonyl (C=O) groups is 1. The Kier molecular flexibility index (Phi) is 3.10. The number of benzene rings is 1. The highest BCUT2D eigenvalue weighted by atomic mass is 16.5. The second-order valence-corrected chi connectivity index (χ2v) is 4.16. The van der Waals surface area contributed by atoms with Crippen molar-refractivity contribution in [2.24, 2.45) is 0 Å². The van der Waals surface area contributed by atoms with E-state index >= 15 is 0 Å². The van der Waals surface area contributed by atoms with Crippen LogP contribution in [-0.4, -0.2) is 29.5 Å². The first kappa shape index (κ1) is 11.6. The van der Waals surface area contributed by atoms with Gasteiger partial charge in [-0.3, -0.25) is 4.79 Å². The van der Waals surface area contributed by atoms with Crippen molar-refractivity contribution in [3.8, 4) is 22.8 Å². The van der Waals surface area contributed by atoms with Crippen LogP contribution in [0.2, 0.25) is 0 Å². The van der Waals surface area contributed by atoms with Gasteiger partial charge in [0.15, 0.2) is 17.8 Å². The minimum Gasteiger partial charge on any atom is -0.490 e. The summed E-state index contributed by atoms with van der Waals surface area (Å²) in [5.41, 5.74) is 1.92. The van der Waals surface area contributed by atoms with E-state index in [9.17, 15) is 4.79 Å². The molecular formula is C14H12N2O3. The molecule has 2 aromatic rings. The molecule has 0 spiro atoms. The molecule has 0 unspecified atom stereocenters. The summed E-state index contributed by atoms with van der Waals surface area (Å²) in [6, 6.07) is 7.27. The minimum atomic E-state index is 0.358. The van der Waals surface area contributed by atoms with Crippen molar-refractivity contribution < 1.29 is 14.3 Å². The first-order valence-electron chi connectivity index (χ1n) is 6.04. The van der Waals surface area contributed by atoms with Crippen LogP contribution >= 0.6 is 0 Å². The molecule has 0 saturated heterocycles. The molecule has 1 aliphatic rings. The molecule has 0 amide bonds. The van der Waals surface area contributed by atoms with E-state index < -0.39 is 0 Å². The van der Waals surface area contributed by atoms with E-state index in [-0.39, 0.29) is 0 Å². The largest absolute Gasteiger partial charge is 0.490 e. The molecule has 0 N–H and O–H groups in total. The maximum atomic E-state index is 10.7. The molecule has 0 bridgehead atoms. The van der Waals surface area contributed by atoms with Crippen molar-refractivity contribution in [3.63, 3.8) is 0 Å². The van der Waals surface area contributed by atoms with Gasteiger partial charge in [-0.05, 0) is 24.3 Å². The molecule has 1 aromatic carbocycles. The van der Waals surface area contributed by atoms with Gasteiger partial charge >= 0.3 is 0 Å². The average molecular weight is 256 g/mol. The van der Waals surface area contributed by atoms with E-state index in [1.165, 1.54) is 6.33 Å². The highest BCUT2D eigenvalue weighted by Crippen LogP contribution is 2.33. The Labute approximate surface area is 110 Å². The maximum absolute atomic E-state index is 10.7.